The minimum Gasteiger partial charge on any atom is -0.394 e. The van der Waals surface area contributed by atoms with Crippen LogP contribution in [0.25, 0.3) is 0 Å². The number of ether oxygens (including phenoxy) is 1. The Hall–Kier alpha value is -0.270. The standard InChI is InChI=1S/C8H16FNO2.C3H8O2/c1-10-6-2-3-7(8(6)9)12-5-4-11;1-3(2,4)5/h6-8,10-11H,2-5H2,1H3;4-5H,1-2H3. The highest BCUT2D eigenvalue weighted by Crippen LogP contribution is 2.25. The second kappa shape index (κ2) is 7.94. The summed E-state index contributed by atoms with van der Waals surface area (Å²) in [6, 6.07) is -0.0753. The summed E-state index contributed by atoms with van der Waals surface area (Å²) in [6.07, 6.45) is 0.302. The van der Waals surface area contributed by atoms with E-state index in [-0.39, 0.29) is 25.4 Å². The summed E-state index contributed by atoms with van der Waals surface area (Å²) in [5, 5.41) is 27.5. The smallest absolute Gasteiger partial charge is 0.156 e. The van der Waals surface area contributed by atoms with Gasteiger partial charge in [0, 0.05) is 6.04 Å². The number of hydrogen-bond acceptors (Lipinski definition) is 5. The molecule has 1 aliphatic carbocycles. The van der Waals surface area contributed by atoms with Crippen molar-refractivity contribution >= 4 is 0 Å². The van der Waals surface area contributed by atoms with Crippen LogP contribution in [0.3, 0.4) is 0 Å². The molecule has 3 atom stereocenters. The fraction of sp³-hybridized carbons (Fsp3) is 1.00. The first kappa shape index (κ1) is 16.7. The first-order valence-corrected chi connectivity index (χ1v) is 5.78. The lowest BCUT2D eigenvalue weighted by atomic mass is 10.2. The third-order valence-electron chi connectivity index (χ3n) is 2.30. The van der Waals surface area contributed by atoms with Crippen LogP contribution in [0.2, 0.25) is 0 Å². The van der Waals surface area contributed by atoms with Crippen molar-refractivity contribution in [1.82, 2.24) is 5.32 Å². The van der Waals surface area contributed by atoms with E-state index in [2.05, 4.69) is 5.32 Å². The molecule has 1 aliphatic rings. The van der Waals surface area contributed by atoms with Gasteiger partial charge in [0.05, 0.1) is 19.3 Å². The zero-order chi connectivity index (χ0) is 13.5. The van der Waals surface area contributed by atoms with Crippen molar-refractivity contribution in [2.45, 2.75) is 50.8 Å². The maximum Gasteiger partial charge on any atom is 0.156 e. The molecule has 0 aromatic heterocycles. The highest BCUT2D eigenvalue weighted by molar-refractivity contribution is 4.89. The summed E-state index contributed by atoms with van der Waals surface area (Å²) in [7, 11) is 1.76. The van der Waals surface area contributed by atoms with Crippen molar-refractivity contribution in [3.8, 4) is 0 Å². The van der Waals surface area contributed by atoms with Gasteiger partial charge in [-0.25, -0.2) is 4.39 Å². The van der Waals surface area contributed by atoms with E-state index in [0.717, 1.165) is 12.8 Å². The molecule has 17 heavy (non-hydrogen) atoms. The summed E-state index contributed by atoms with van der Waals surface area (Å²) < 4.78 is 18.4. The minimum atomic E-state index is -1.50. The quantitative estimate of drug-likeness (QED) is 0.521. The van der Waals surface area contributed by atoms with Crippen LogP contribution in [0.5, 0.6) is 0 Å². The molecule has 1 fully saturated rings. The highest BCUT2D eigenvalue weighted by Gasteiger charge is 2.35. The zero-order valence-corrected chi connectivity index (χ0v) is 10.7. The van der Waals surface area contributed by atoms with Gasteiger partial charge < -0.3 is 25.4 Å². The molecular formula is C11H24FNO4. The molecule has 6 heteroatoms. The molecule has 0 aromatic rings. The monoisotopic (exact) mass is 253 g/mol. The number of aliphatic hydroxyl groups is 3. The molecule has 0 bridgehead atoms. The van der Waals surface area contributed by atoms with Crippen molar-refractivity contribution in [3.05, 3.63) is 0 Å². The van der Waals surface area contributed by atoms with E-state index in [9.17, 15) is 4.39 Å². The zero-order valence-electron chi connectivity index (χ0n) is 10.7. The maximum absolute atomic E-state index is 13.3. The van der Waals surface area contributed by atoms with Crippen LogP contribution in [0.15, 0.2) is 0 Å². The predicted molar refractivity (Wildman–Crippen MR) is 62.3 cm³/mol. The fourth-order valence-electron chi connectivity index (χ4n) is 1.60. The van der Waals surface area contributed by atoms with Crippen LogP contribution in [0, 0.1) is 0 Å². The Morgan fingerprint density at radius 3 is 2.24 bits per heavy atom. The van der Waals surface area contributed by atoms with Gasteiger partial charge in [0.2, 0.25) is 0 Å². The summed E-state index contributed by atoms with van der Waals surface area (Å²) in [4.78, 5) is 0. The van der Waals surface area contributed by atoms with E-state index >= 15 is 0 Å². The second-order valence-corrected chi connectivity index (χ2v) is 4.54. The topological polar surface area (TPSA) is 82.0 Å². The lowest BCUT2D eigenvalue weighted by Crippen LogP contribution is -2.35. The Morgan fingerprint density at radius 1 is 1.35 bits per heavy atom. The van der Waals surface area contributed by atoms with Crippen molar-refractivity contribution in [2.75, 3.05) is 20.3 Å². The van der Waals surface area contributed by atoms with Crippen molar-refractivity contribution in [3.63, 3.8) is 0 Å². The van der Waals surface area contributed by atoms with E-state index in [1.54, 1.807) is 7.05 Å². The van der Waals surface area contributed by atoms with Crippen LogP contribution >= 0.6 is 0 Å². The summed E-state index contributed by atoms with van der Waals surface area (Å²) in [6.45, 7) is 2.80. The summed E-state index contributed by atoms with van der Waals surface area (Å²) >= 11 is 0. The van der Waals surface area contributed by atoms with Crippen LogP contribution in [0.1, 0.15) is 26.7 Å². The molecule has 0 amide bonds. The third-order valence-corrected chi connectivity index (χ3v) is 2.30. The SMILES string of the molecule is CC(C)(O)O.CNC1CCC(OCCO)C1F. The van der Waals surface area contributed by atoms with Gasteiger partial charge in [0.1, 0.15) is 6.17 Å². The molecule has 0 aliphatic heterocycles. The highest BCUT2D eigenvalue weighted by atomic mass is 19.1. The average Bonchev–Trinajstić information content (AvgIpc) is 2.54. The molecule has 0 aromatic carbocycles. The molecule has 0 radical (unpaired) electrons. The van der Waals surface area contributed by atoms with Gasteiger partial charge in [-0.1, -0.05) is 0 Å². The Kier molecular flexibility index (Phi) is 7.82. The Bertz CT molecular complexity index is 192. The molecule has 1 saturated carbocycles. The summed E-state index contributed by atoms with van der Waals surface area (Å²) in [5.74, 6) is -1.50. The average molecular weight is 253 g/mol. The van der Waals surface area contributed by atoms with E-state index in [1.165, 1.54) is 13.8 Å². The largest absolute Gasteiger partial charge is 0.394 e. The number of aliphatic hydroxyl groups excluding tert-OH is 1. The number of alkyl halides is 1. The Morgan fingerprint density at radius 2 is 1.88 bits per heavy atom. The van der Waals surface area contributed by atoms with Gasteiger partial charge in [-0.3, -0.25) is 0 Å². The van der Waals surface area contributed by atoms with E-state index < -0.39 is 12.0 Å². The number of halogens is 1. The molecule has 4 N–H and O–H groups in total. The van der Waals surface area contributed by atoms with Crippen molar-refractivity contribution in [1.29, 1.82) is 0 Å². The fourth-order valence-corrected chi connectivity index (χ4v) is 1.60. The van der Waals surface area contributed by atoms with Crippen LogP contribution in [-0.2, 0) is 4.74 Å². The lowest BCUT2D eigenvalue weighted by molar-refractivity contribution is -0.127. The molecule has 0 saturated heterocycles. The van der Waals surface area contributed by atoms with Crippen LogP contribution in [-0.4, -0.2) is 59.7 Å². The number of hydrogen-bond donors (Lipinski definition) is 4. The number of rotatable bonds is 4. The van der Waals surface area contributed by atoms with Crippen LogP contribution < -0.4 is 5.32 Å². The van der Waals surface area contributed by atoms with Gasteiger partial charge >= 0.3 is 0 Å². The first-order chi connectivity index (χ1) is 7.79. The van der Waals surface area contributed by atoms with Crippen LogP contribution in [0.4, 0.5) is 4.39 Å². The number of nitrogens with one attached hydrogen (secondary N) is 1. The maximum atomic E-state index is 13.3. The van der Waals surface area contributed by atoms with Gasteiger partial charge in [0.15, 0.2) is 5.79 Å². The minimum absolute atomic E-state index is 0.0343. The van der Waals surface area contributed by atoms with Gasteiger partial charge in [-0.2, -0.15) is 0 Å². The normalized spacial score (nSPS) is 28.8. The first-order valence-electron chi connectivity index (χ1n) is 5.78. The van der Waals surface area contributed by atoms with Crippen molar-refractivity contribution in [2.24, 2.45) is 0 Å². The third kappa shape index (κ3) is 8.45. The molecule has 5 nitrogen and oxygen atoms in total. The van der Waals surface area contributed by atoms with E-state index in [0.29, 0.717) is 0 Å². The van der Waals surface area contributed by atoms with Gasteiger partial charge in [-0.15, -0.1) is 0 Å². The molecular weight excluding hydrogens is 229 g/mol. The van der Waals surface area contributed by atoms with Gasteiger partial charge in [0.25, 0.3) is 0 Å². The Labute approximate surface area is 102 Å². The molecule has 0 heterocycles. The second-order valence-electron chi connectivity index (χ2n) is 4.54. The van der Waals surface area contributed by atoms with E-state index in [1.807, 2.05) is 0 Å². The molecule has 3 unspecified atom stereocenters. The Balaban J connectivity index is 0.000000437. The van der Waals surface area contributed by atoms with Gasteiger partial charge in [-0.05, 0) is 33.7 Å². The molecule has 1 rings (SSSR count). The summed E-state index contributed by atoms with van der Waals surface area (Å²) in [5.41, 5.74) is 0. The molecule has 0 spiro atoms. The molecule has 104 valence electrons. The van der Waals surface area contributed by atoms with E-state index in [4.69, 9.17) is 20.1 Å². The van der Waals surface area contributed by atoms with Crippen molar-refractivity contribution < 1.29 is 24.4 Å². The lowest BCUT2D eigenvalue weighted by Gasteiger charge is -2.16. The predicted octanol–water partition coefficient (Wildman–Crippen LogP) is -0.209.